The Bertz CT molecular complexity index is 4670. The Labute approximate surface area is 600 Å². The van der Waals surface area contributed by atoms with Crippen LogP contribution in [0, 0.1) is 34.5 Å². The molecule has 4 aromatic carbocycles. The standard InChI is InChI=1S/C36H34ClF6N9O3.C34H37ClF2N8O4/c1-33(2,18-44)17-36(23-7-4-20(5-8-23)22-14-47-50(15-22)31(40)41)30(54)51(32(45)49-36)26(16-55-27(53)13-35(10-11-35)34(3,42)43)21-6-9-24(37)25(12-21)52-29(28(38)39)46-19-48-52;1-19-14-26(49-43-19)20-6-9-22(10-7-20)34(17-32(2,3)4)29(46)44(30(38)41-34)25(16-48-31(47)42-33(5)12-13-33)21-8-11-23(35)24(15-21)45-28(27(36)37)39-18-40-45/h4-9,12,14-15,19,26,28,31H,10-11,13,16-17H2,1-3H3,(H2,45,49);6-11,14-15,18,25,27H,12-13,16-17H2,1-5H3,(H2,38,41)(H,42,47)/t26-,36-;25-,34-/m11/s1. The van der Waals surface area contributed by atoms with Crippen molar-refractivity contribution in [3.05, 3.63) is 166 Å². The van der Waals surface area contributed by atoms with Crippen molar-refractivity contribution in [3.8, 4) is 39.9 Å². The van der Waals surface area contributed by atoms with Crippen LogP contribution in [-0.4, -0.2) is 115 Å². The number of amides is 3. The molecule has 2 aliphatic heterocycles. The quantitative estimate of drug-likeness (QED) is 0.0374. The third-order valence-electron chi connectivity index (χ3n) is 18.6. The van der Waals surface area contributed by atoms with Gasteiger partial charge in [-0.2, -0.15) is 29.3 Å². The molecule has 6 heterocycles. The minimum atomic E-state index is -3.16. The Morgan fingerprint density at radius 2 is 1.17 bits per heavy atom. The van der Waals surface area contributed by atoms with Crippen LogP contribution in [0.4, 0.5) is 39.9 Å². The minimum Gasteiger partial charge on any atom is -0.463 e. The number of nitrogens with zero attached hydrogens (tertiary/aromatic N) is 14. The van der Waals surface area contributed by atoms with E-state index in [4.69, 9.17) is 53.7 Å². The van der Waals surface area contributed by atoms with Crippen LogP contribution in [0.15, 0.2) is 131 Å². The molecule has 4 aliphatic rings. The lowest BCUT2D eigenvalue weighted by Gasteiger charge is -2.35. The SMILES string of the molecule is CC(C)(C#N)C[C@]1(c2ccc(-c3cnn(C(F)F)c3)cc2)N=C(N)N([C@H](COC(=O)CC2(C(C)(F)F)CC2)c2ccc(Cl)c(-n3ncnc3C(F)F)c2)C1=O.Cc1cc(-c2ccc([C@@]3(CC(C)(C)C)N=C(N)N([C@H](COC(=O)NC4(C)CC4)c4ccc(Cl)c(-n5ncnc5C(F)F)c4)C3=O)cc2)on1. The molecule has 0 saturated heterocycles. The highest BCUT2D eigenvalue weighted by molar-refractivity contribution is 6.32. The van der Waals surface area contributed by atoms with Gasteiger partial charge >= 0.3 is 18.6 Å². The number of nitrogens with one attached hydrogen (secondary N) is 1. The molecule has 0 radical (unpaired) electrons. The number of esters is 1. The molecule has 548 valence electrons. The fraction of sp³-hybridized carbons (Fsp3) is 0.414. The number of alkyl halides is 8. The molecule has 4 atom stereocenters. The van der Waals surface area contributed by atoms with Crippen molar-refractivity contribution in [1.82, 2.24) is 59.6 Å². The number of aryl methyl sites for hydroxylation is 1. The molecule has 8 aromatic rings. The van der Waals surface area contributed by atoms with Crippen LogP contribution in [0.25, 0.3) is 33.8 Å². The van der Waals surface area contributed by atoms with E-state index in [9.17, 15) is 59.6 Å². The maximum atomic E-state index is 15.0. The van der Waals surface area contributed by atoms with Crippen molar-refractivity contribution in [2.75, 3.05) is 13.2 Å². The predicted octanol–water partition coefficient (Wildman–Crippen LogP) is 14.1. The normalized spacial score (nSPS) is 19.0. The Hall–Kier alpha value is -10.3. The van der Waals surface area contributed by atoms with E-state index in [0.717, 1.165) is 64.1 Å². The molecule has 2 aliphatic carbocycles. The summed E-state index contributed by atoms with van der Waals surface area (Å²) in [5.74, 6) is -6.59. The number of ether oxygens (including phenoxy) is 2. The summed E-state index contributed by atoms with van der Waals surface area (Å²) < 4.78 is 129. The molecule has 0 bridgehead atoms. The average molecular weight is 1490 g/mol. The van der Waals surface area contributed by atoms with Gasteiger partial charge < -0.3 is 30.8 Å². The van der Waals surface area contributed by atoms with Crippen LogP contribution in [0.1, 0.15) is 164 Å². The summed E-state index contributed by atoms with van der Waals surface area (Å²) in [6.45, 7) is 9.78. The number of carbonyl (C=O) groups is 4. The summed E-state index contributed by atoms with van der Waals surface area (Å²) in [6, 6.07) is 23.8. The lowest BCUT2D eigenvalue weighted by Crippen LogP contribution is -2.48. The first-order valence-corrected chi connectivity index (χ1v) is 33.4. The number of carbonyl (C=O) groups excluding carboxylic acids is 4. The summed E-state index contributed by atoms with van der Waals surface area (Å²) in [5, 5.41) is 28.4. The molecule has 3 amide bonds. The zero-order valence-electron chi connectivity index (χ0n) is 57.3. The number of aromatic nitrogens is 9. The van der Waals surface area contributed by atoms with E-state index >= 15 is 0 Å². The van der Waals surface area contributed by atoms with Crippen LogP contribution in [0.5, 0.6) is 0 Å². The van der Waals surface area contributed by atoms with Crippen molar-refractivity contribution in [1.29, 1.82) is 5.26 Å². The van der Waals surface area contributed by atoms with Gasteiger partial charge in [0.1, 0.15) is 25.9 Å². The van der Waals surface area contributed by atoms with Crippen LogP contribution in [0.2, 0.25) is 10.0 Å². The van der Waals surface area contributed by atoms with E-state index < -0.39 is 113 Å². The van der Waals surface area contributed by atoms with Gasteiger partial charge in [-0.3, -0.25) is 24.2 Å². The molecule has 12 rings (SSSR count). The molecule has 5 N–H and O–H groups in total. The van der Waals surface area contributed by atoms with Crippen LogP contribution < -0.4 is 16.8 Å². The summed E-state index contributed by atoms with van der Waals surface area (Å²) in [5.41, 5.74) is 10.1. The molecule has 24 nitrogen and oxygen atoms in total. The number of aliphatic imine (C=N–C) groups is 2. The molecule has 104 heavy (non-hydrogen) atoms. The van der Waals surface area contributed by atoms with E-state index in [0.29, 0.717) is 32.7 Å². The van der Waals surface area contributed by atoms with Crippen LogP contribution in [0.3, 0.4) is 0 Å². The molecule has 2 saturated carbocycles. The first-order chi connectivity index (χ1) is 48.9. The van der Waals surface area contributed by atoms with Crippen LogP contribution in [-0.2, 0) is 34.9 Å². The summed E-state index contributed by atoms with van der Waals surface area (Å²) in [7, 11) is 0. The van der Waals surface area contributed by atoms with Gasteiger partial charge in [-0.25, -0.2) is 65.1 Å². The number of guanidine groups is 2. The first kappa shape index (κ1) is 74.9. The zero-order chi connectivity index (χ0) is 75.4. The van der Waals surface area contributed by atoms with Crippen molar-refractivity contribution >= 4 is 59.0 Å². The number of rotatable bonds is 24. The minimum absolute atomic E-state index is 0.0357. The molecule has 4 aromatic heterocycles. The summed E-state index contributed by atoms with van der Waals surface area (Å²) in [4.78, 5) is 74.9. The molecule has 2 fully saturated rings. The number of hydrogen-bond acceptors (Lipinski definition) is 18. The van der Waals surface area contributed by atoms with Gasteiger partial charge in [0, 0.05) is 40.8 Å². The molecule has 34 heteroatoms. The van der Waals surface area contributed by atoms with Gasteiger partial charge in [-0.15, -0.1) is 0 Å². The number of halogens is 10. The number of alkyl carbamates (subject to hydrolysis) is 1. The van der Waals surface area contributed by atoms with Gasteiger partial charge in [-0.1, -0.05) is 110 Å². The lowest BCUT2D eigenvalue weighted by molar-refractivity contribution is -0.153. The van der Waals surface area contributed by atoms with E-state index in [1.54, 1.807) is 32.0 Å². The van der Waals surface area contributed by atoms with E-state index in [-0.39, 0.29) is 82.3 Å². The maximum absolute atomic E-state index is 15.0. The van der Waals surface area contributed by atoms with Crippen molar-refractivity contribution in [3.63, 3.8) is 0 Å². The number of nitriles is 1. The van der Waals surface area contributed by atoms with E-state index in [2.05, 4.69) is 46.8 Å². The van der Waals surface area contributed by atoms with Gasteiger partial charge in [0.15, 0.2) is 40.4 Å². The highest BCUT2D eigenvalue weighted by Crippen LogP contribution is 2.59. The Balaban J connectivity index is 0.000000210. The third kappa shape index (κ3) is 15.4. The zero-order valence-corrected chi connectivity index (χ0v) is 58.8. The molecule has 0 spiro atoms. The predicted molar refractivity (Wildman–Crippen MR) is 362 cm³/mol. The average Bonchev–Trinajstić information content (AvgIpc) is 1.58. The van der Waals surface area contributed by atoms with E-state index in [1.165, 1.54) is 53.6 Å². The highest BCUT2D eigenvalue weighted by Gasteiger charge is 2.61. The summed E-state index contributed by atoms with van der Waals surface area (Å²) >= 11 is 12.9. The number of benzene rings is 4. The molecular formula is C70H71Cl2F8N17O7. The van der Waals surface area contributed by atoms with Crippen molar-refractivity contribution in [2.45, 2.75) is 154 Å². The second kappa shape index (κ2) is 28.4. The monoisotopic (exact) mass is 1480 g/mol. The lowest BCUT2D eigenvalue weighted by atomic mass is 9.75. The maximum Gasteiger partial charge on any atom is 0.407 e. The summed E-state index contributed by atoms with van der Waals surface area (Å²) in [6.07, 6.45) is -1.06. The fourth-order valence-electron chi connectivity index (χ4n) is 12.8. The number of nitrogens with two attached hydrogens (primary N) is 2. The third-order valence-corrected chi connectivity index (χ3v) is 19.2. The van der Waals surface area contributed by atoms with Gasteiger partial charge in [0.05, 0.1) is 63.3 Å². The van der Waals surface area contributed by atoms with Crippen molar-refractivity contribution < 1.29 is 68.3 Å². The Morgan fingerprint density at radius 1 is 0.683 bits per heavy atom. The van der Waals surface area contributed by atoms with Gasteiger partial charge in [-0.05, 0) is 124 Å². The van der Waals surface area contributed by atoms with Crippen molar-refractivity contribution in [2.24, 2.45) is 37.7 Å². The smallest absolute Gasteiger partial charge is 0.407 e. The topological polar surface area (TPSA) is 311 Å². The Morgan fingerprint density at radius 3 is 1.60 bits per heavy atom. The molecular weight excluding hydrogens is 1410 g/mol. The first-order valence-electron chi connectivity index (χ1n) is 32.6. The second-order valence-electron chi connectivity index (χ2n) is 28.3. The van der Waals surface area contributed by atoms with Gasteiger partial charge in [0.2, 0.25) is 0 Å². The fourth-order valence-corrected chi connectivity index (χ4v) is 13.2. The second-order valence-corrected chi connectivity index (χ2v) is 29.1. The highest BCUT2D eigenvalue weighted by atomic mass is 35.5. The van der Waals surface area contributed by atoms with Crippen LogP contribution >= 0.6 is 23.2 Å². The number of hydrogen-bond donors (Lipinski definition) is 3. The van der Waals surface area contributed by atoms with E-state index in [1.807, 2.05) is 65.0 Å². The van der Waals surface area contributed by atoms with Gasteiger partial charge in [0.25, 0.3) is 30.6 Å². The largest absolute Gasteiger partial charge is 0.463 e. The Kier molecular flexibility index (Phi) is 20.4. The molecule has 0 unspecified atom stereocenters.